The largest absolute Gasteiger partial charge is 0.499 e. The van der Waals surface area contributed by atoms with E-state index in [1.165, 1.54) is 0 Å². The predicted molar refractivity (Wildman–Crippen MR) is 32.5 cm³/mol. The number of aliphatic hydroxyl groups excluding tert-OH is 2. The highest BCUT2D eigenvalue weighted by molar-refractivity contribution is 7.98. The van der Waals surface area contributed by atoms with Crippen molar-refractivity contribution in [2.75, 3.05) is 0 Å². The van der Waals surface area contributed by atoms with E-state index >= 15 is 0 Å². The Hall–Kier alpha value is -0.970. The molecule has 9 heavy (non-hydrogen) atoms. The molecule has 0 unspecified atom stereocenters. The highest BCUT2D eigenvalue weighted by Gasteiger charge is 2.17. The van der Waals surface area contributed by atoms with Crippen molar-refractivity contribution in [3.63, 3.8) is 0 Å². The topological polar surface area (TPSA) is 74.6 Å². The molecule has 0 aromatic rings. The average Bonchev–Trinajstić information content (AvgIpc) is 1.65. The summed E-state index contributed by atoms with van der Waals surface area (Å²) in [7, 11) is -4.09. The maximum Gasteiger partial charge on any atom is 0.269 e. The highest BCUT2D eigenvalue weighted by Crippen LogP contribution is 2.06. The summed E-state index contributed by atoms with van der Waals surface area (Å²) in [5.74, 6) is 0. The quantitative estimate of drug-likeness (QED) is 0.561. The van der Waals surface area contributed by atoms with E-state index in [-0.39, 0.29) is 0 Å². The normalized spacial score (nSPS) is 10.7. The van der Waals surface area contributed by atoms with Gasteiger partial charge < -0.3 is 10.2 Å². The van der Waals surface area contributed by atoms with E-state index in [4.69, 9.17) is 10.2 Å². The van der Waals surface area contributed by atoms with Crippen LogP contribution in [0.3, 0.4) is 0 Å². The van der Waals surface area contributed by atoms with Gasteiger partial charge in [-0.1, -0.05) is 0 Å². The van der Waals surface area contributed by atoms with Crippen molar-refractivity contribution < 1.29 is 18.6 Å². The Labute approximate surface area is 52.7 Å². The van der Waals surface area contributed by atoms with Gasteiger partial charge in [-0.15, -0.1) is 0 Å². The van der Waals surface area contributed by atoms with Gasteiger partial charge in [-0.2, -0.15) is 0 Å². The fraction of sp³-hybridized carbons (Fsp3) is 0. The Kier molecular flexibility index (Phi) is 1.87. The molecule has 0 rings (SSSR count). The Morgan fingerprint density at radius 2 is 1.33 bits per heavy atom. The van der Waals surface area contributed by atoms with Crippen molar-refractivity contribution >= 4 is 9.84 Å². The summed E-state index contributed by atoms with van der Waals surface area (Å²) in [6.45, 7) is 5.39. The first-order valence-electron chi connectivity index (χ1n) is 1.90. The molecule has 0 aliphatic heterocycles. The van der Waals surface area contributed by atoms with Gasteiger partial charge in [-0.3, -0.25) is 0 Å². The molecular formula is C4H6O4S. The summed E-state index contributed by atoms with van der Waals surface area (Å²) in [5, 5.41) is 14.3. The molecule has 0 heterocycles. The number of aliphatic hydroxyl groups is 2. The van der Waals surface area contributed by atoms with Gasteiger partial charge in [0.2, 0.25) is 10.2 Å². The summed E-state index contributed by atoms with van der Waals surface area (Å²) in [4.78, 5) is 0. The van der Waals surface area contributed by atoms with Crippen molar-refractivity contribution in [1.29, 1.82) is 0 Å². The van der Waals surface area contributed by atoms with Crippen molar-refractivity contribution in [1.82, 2.24) is 0 Å². The van der Waals surface area contributed by atoms with Crippen LogP contribution in [0, 0.1) is 0 Å². The first-order chi connectivity index (χ1) is 3.89. The van der Waals surface area contributed by atoms with Gasteiger partial charge in [0.05, 0.1) is 0 Å². The average molecular weight is 150 g/mol. The lowest BCUT2D eigenvalue weighted by Gasteiger charge is -1.95. The van der Waals surface area contributed by atoms with Crippen LogP contribution in [0.4, 0.5) is 0 Å². The molecule has 0 radical (unpaired) electrons. The van der Waals surface area contributed by atoms with Gasteiger partial charge in [0.1, 0.15) is 0 Å². The van der Waals surface area contributed by atoms with Gasteiger partial charge in [0, 0.05) is 0 Å². The van der Waals surface area contributed by atoms with Gasteiger partial charge >= 0.3 is 0 Å². The third-order valence-electron chi connectivity index (χ3n) is 0.620. The van der Waals surface area contributed by atoms with Crippen molar-refractivity contribution in [2.45, 2.75) is 0 Å². The fourth-order valence-electron chi connectivity index (χ4n) is 0.136. The molecule has 0 saturated heterocycles. The molecular weight excluding hydrogens is 144 g/mol. The van der Waals surface area contributed by atoms with Crippen molar-refractivity contribution in [3.05, 3.63) is 23.3 Å². The Morgan fingerprint density at radius 1 is 1.11 bits per heavy atom. The fourth-order valence-corrected chi connectivity index (χ4v) is 0.408. The molecule has 0 aliphatic carbocycles. The van der Waals surface area contributed by atoms with Crippen LogP contribution in [0.15, 0.2) is 23.3 Å². The molecule has 52 valence electrons. The van der Waals surface area contributed by atoms with E-state index in [2.05, 4.69) is 13.2 Å². The minimum Gasteiger partial charge on any atom is -0.499 e. The minimum atomic E-state index is -4.09. The predicted octanol–water partition coefficient (Wildman–Crippen LogP) is 0.460. The first-order valence-corrected chi connectivity index (χ1v) is 3.38. The van der Waals surface area contributed by atoms with E-state index < -0.39 is 20.0 Å². The van der Waals surface area contributed by atoms with E-state index in [1.54, 1.807) is 0 Å². The van der Waals surface area contributed by atoms with Gasteiger partial charge in [-0.25, -0.2) is 8.42 Å². The molecule has 0 aromatic heterocycles. The summed E-state index contributed by atoms with van der Waals surface area (Å²) in [6, 6.07) is 0. The molecule has 4 nitrogen and oxygen atoms in total. The number of sulfone groups is 1. The molecule has 2 N–H and O–H groups in total. The zero-order chi connectivity index (χ0) is 7.65. The lowest BCUT2D eigenvalue weighted by Crippen LogP contribution is -2.03. The third kappa shape index (κ3) is 1.46. The zero-order valence-electron chi connectivity index (χ0n) is 4.53. The number of rotatable bonds is 2. The van der Waals surface area contributed by atoms with Crippen LogP contribution in [-0.2, 0) is 9.84 Å². The monoisotopic (exact) mass is 150 g/mol. The van der Waals surface area contributed by atoms with E-state index in [0.717, 1.165) is 0 Å². The lowest BCUT2D eigenvalue weighted by atomic mass is 11.1. The lowest BCUT2D eigenvalue weighted by molar-refractivity contribution is 0.417. The Bertz CT molecular complexity index is 215. The van der Waals surface area contributed by atoms with Gasteiger partial charge in [-0.05, 0) is 13.2 Å². The van der Waals surface area contributed by atoms with Crippen LogP contribution in [-0.4, -0.2) is 18.6 Å². The van der Waals surface area contributed by atoms with Crippen LogP contribution in [0.25, 0.3) is 0 Å². The van der Waals surface area contributed by atoms with Crippen molar-refractivity contribution in [2.24, 2.45) is 0 Å². The van der Waals surface area contributed by atoms with E-state index in [0.29, 0.717) is 0 Å². The highest BCUT2D eigenvalue weighted by atomic mass is 32.2. The van der Waals surface area contributed by atoms with Gasteiger partial charge in [0.15, 0.2) is 0 Å². The standard InChI is InChI=1S/C4H6O4S/c1-3(5)9(7,8)4(2)6/h5-6H,1-2H2. The minimum absolute atomic E-state index is 1.10. The summed E-state index contributed by atoms with van der Waals surface area (Å²) >= 11 is 0. The second-order valence-electron chi connectivity index (χ2n) is 1.29. The molecule has 0 atom stereocenters. The molecule has 0 amide bonds. The third-order valence-corrected chi connectivity index (χ3v) is 1.86. The second-order valence-corrected chi connectivity index (χ2v) is 3.24. The van der Waals surface area contributed by atoms with Crippen LogP contribution in [0.5, 0.6) is 0 Å². The molecule has 0 spiro atoms. The summed E-state index contributed by atoms with van der Waals surface area (Å²) in [6.07, 6.45) is 0. The Balaban J connectivity index is 4.87. The summed E-state index contributed by atoms with van der Waals surface area (Å²) in [5.41, 5.74) is 0. The molecule has 0 bridgehead atoms. The number of hydrogen-bond acceptors (Lipinski definition) is 4. The molecule has 0 aromatic carbocycles. The van der Waals surface area contributed by atoms with Crippen LogP contribution in [0.2, 0.25) is 0 Å². The van der Waals surface area contributed by atoms with E-state index in [1.807, 2.05) is 0 Å². The molecule has 0 saturated carbocycles. The first kappa shape index (κ1) is 8.03. The maximum absolute atomic E-state index is 10.3. The van der Waals surface area contributed by atoms with Crippen molar-refractivity contribution in [3.8, 4) is 0 Å². The summed E-state index contributed by atoms with van der Waals surface area (Å²) < 4.78 is 20.7. The van der Waals surface area contributed by atoms with Crippen LogP contribution in [0.1, 0.15) is 0 Å². The second kappa shape index (κ2) is 2.10. The Morgan fingerprint density at radius 3 is 1.33 bits per heavy atom. The zero-order valence-corrected chi connectivity index (χ0v) is 5.35. The van der Waals surface area contributed by atoms with Gasteiger partial charge in [0.25, 0.3) is 9.84 Å². The van der Waals surface area contributed by atoms with Crippen LogP contribution < -0.4 is 0 Å². The maximum atomic E-state index is 10.3. The number of hydrogen-bond donors (Lipinski definition) is 2. The molecule has 0 fully saturated rings. The molecule has 0 aliphatic rings. The SMILES string of the molecule is C=C(O)S(=O)(=O)C(=C)O. The smallest absolute Gasteiger partial charge is 0.269 e. The molecule has 5 heteroatoms. The van der Waals surface area contributed by atoms with E-state index in [9.17, 15) is 8.42 Å². The van der Waals surface area contributed by atoms with Crippen LogP contribution >= 0.6 is 0 Å².